The van der Waals surface area contributed by atoms with E-state index in [0.717, 1.165) is 0 Å². The van der Waals surface area contributed by atoms with E-state index in [1.807, 2.05) is 17.0 Å². The van der Waals surface area contributed by atoms with Crippen LogP contribution in [0.15, 0.2) is 33.6 Å². The lowest BCUT2D eigenvalue weighted by atomic mass is 10.2. The Balaban J connectivity index is 2.11. The Morgan fingerprint density at radius 2 is 1.94 bits per heavy atom. The Morgan fingerprint density at radius 3 is 2.76 bits per heavy atom. The first-order valence-corrected chi connectivity index (χ1v) is 5.58. The molecule has 1 saturated heterocycles. The molecular formula is C12H12N2O3. The van der Waals surface area contributed by atoms with Crippen molar-refractivity contribution in [3.8, 4) is 0 Å². The van der Waals surface area contributed by atoms with Crippen LogP contribution in [0.2, 0.25) is 0 Å². The average molecular weight is 232 g/mol. The zero-order chi connectivity index (χ0) is 11.7. The number of ether oxygens (including phenoxy) is 1. The molecule has 17 heavy (non-hydrogen) atoms. The van der Waals surface area contributed by atoms with Crippen LogP contribution in [0.1, 0.15) is 0 Å². The largest absolute Gasteiger partial charge is 0.378 e. The van der Waals surface area contributed by atoms with Crippen LogP contribution in [0.4, 0.5) is 5.82 Å². The van der Waals surface area contributed by atoms with Crippen LogP contribution in [0.25, 0.3) is 11.0 Å². The fourth-order valence-electron chi connectivity index (χ4n) is 1.96. The Kier molecular flexibility index (Phi) is 2.53. The smallest absolute Gasteiger partial charge is 0.235 e. The quantitative estimate of drug-likeness (QED) is 0.734. The molecule has 0 amide bonds. The molecule has 1 fully saturated rings. The molecule has 5 heteroatoms. The first-order valence-electron chi connectivity index (χ1n) is 5.58. The summed E-state index contributed by atoms with van der Waals surface area (Å²) in [5, 5.41) is 4.49. The number of anilines is 1. The van der Waals surface area contributed by atoms with Crippen molar-refractivity contribution in [1.29, 1.82) is 0 Å². The number of hydrogen-bond acceptors (Lipinski definition) is 5. The van der Waals surface area contributed by atoms with Crippen molar-refractivity contribution in [1.82, 2.24) is 5.16 Å². The van der Waals surface area contributed by atoms with Crippen molar-refractivity contribution < 1.29 is 9.26 Å². The number of morpholine rings is 1. The molecule has 0 atom stereocenters. The van der Waals surface area contributed by atoms with E-state index in [9.17, 15) is 4.79 Å². The molecule has 88 valence electrons. The number of para-hydroxylation sites is 1. The number of nitrogens with zero attached hydrogens (tertiary/aromatic N) is 2. The number of fused-ring (bicyclic) bond motifs is 1. The van der Waals surface area contributed by atoms with E-state index in [2.05, 4.69) is 5.16 Å². The van der Waals surface area contributed by atoms with Gasteiger partial charge >= 0.3 is 0 Å². The zero-order valence-corrected chi connectivity index (χ0v) is 9.26. The summed E-state index contributed by atoms with van der Waals surface area (Å²) in [4.78, 5) is 14.1. The molecule has 0 unspecified atom stereocenters. The average Bonchev–Trinajstić information content (AvgIpc) is 2.40. The van der Waals surface area contributed by atoms with E-state index in [0.29, 0.717) is 43.1 Å². The molecule has 1 aliphatic rings. The third-order valence-corrected chi connectivity index (χ3v) is 2.88. The summed E-state index contributed by atoms with van der Waals surface area (Å²) in [7, 11) is 0. The Morgan fingerprint density at radius 1 is 1.18 bits per heavy atom. The van der Waals surface area contributed by atoms with Gasteiger partial charge in [0.25, 0.3) is 0 Å². The van der Waals surface area contributed by atoms with Crippen LogP contribution >= 0.6 is 0 Å². The minimum Gasteiger partial charge on any atom is -0.378 e. The van der Waals surface area contributed by atoms with E-state index in [1.165, 1.54) is 0 Å². The fourth-order valence-corrected chi connectivity index (χ4v) is 1.96. The molecule has 5 nitrogen and oxygen atoms in total. The second-order valence-electron chi connectivity index (χ2n) is 3.93. The van der Waals surface area contributed by atoms with Crippen LogP contribution in [0.3, 0.4) is 0 Å². The monoisotopic (exact) mass is 232 g/mol. The Labute approximate surface area is 97.6 Å². The van der Waals surface area contributed by atoms with Crippen molar-refractivity contribution in [3.63, 3.8) is 0 Å². The van der Waals surface area contributed by atoms with Crippen molar-refractivity contribution >= 4 is 16.8 Å². The summed E-state index contributed by atoms with van der Waals surface area (Å²) in [6.45, 7) is 2.59. The van der Waals surface area contributed by atoms with Crippen LogP contribution in [-0.4, -0.2) is 31.5 Å². The van der Waals surface area contributed by atoms with Gasteiger partial charge < -0.3 is 14.2 Å². The number of hydrogen-bond donors (Lipinski definition) is 0. The van der Waals surface area contributed by atoms with Gasteiger partial charge in [-0.3, -0.25) is 4.79 Å². The van der Waals surface area contributed by atoms with Gasteiger partial charge in [-0.05, 0) is 12.1 Å². The highest BCUT2D eigenvalue weighted by Gasteiger charge is 2.18. The van der Waals surface area contributed by atoms with Gasteiger partial charge in [-0.15, -0.1) is 0 Å². The van der Waals surface area contributed by atoms with Gasteiger partial charge in [-0.1, -0.05) is 17.3 Å². The van der Waals surface area contributed by atoms with Gasteiger partial charge in [0.05, 0.1) is 18.6 Å². The Hall–Kier alpha value is -1.88. The minimum atomic E-state index is -0.0752. The maximum Gasteiger partial charge on any atom is 0.235 e. The molecule has 1 aromatic carbocycles. The van der Waals surface area contributed by atoms with Crippen molar-refractivity contribution in [3.05, 3.63) is 34.5 Å². The van der Waals surface area contributed by atoms with Gasteiger partial charge in [0, 0.05) is 13.1 Å². The lowest BCUT2D eigenvalue weighted by Gasteiger charge is -2.26. The molecule has 0 saturated carbocycles. The van der Waals surface area contributed by atoms with Gasteiger partial charge in [-0.25, -0.2) is 0 Å². The predicted molar refractivity (Wildman–Crippen MR) is 63.3 cm³/mol. The molecule has 0 N–H and O–H groups in total. The molecule has 0 aliphatic carbocycles. The molecule has 1 aromatic heterocycles. The SMILES string of the molecule is O=c1c(N2CCOCC2)noc2ccccc12. The Bertz CT molecular complexity index is 588. The lowest BCUT2D eigenvalue weighted by Crippen LogP contribution is -2.39. The second kappa shape index (κ2) is 4.18. The first-order chi connectivity index (χ1) is 8.36. The van der Waals surface area contributed by atoms with Gasteiger partial charge in [-0.2, -0.15) is 0 Å². The third kappa shape index (κ3) is 1.78. The predicted octanol–water partition coefficient (Wildman–Crippen LogP) is 1.02. The second-order valence-corrected chi connectivity index (χ2v) is 3.93. The van der Waals surface area contributed by atoms with Crippen molar-refractivity contribution in [2.75, 3.05) is 31.2 Å². The maximum absolute atomic E-state index is 12.2. The first kappa shape index (κ1) is 10.3. The maximum atomic E-state index is 12.2. The van der Waals surface area contributed by atoms with Crippen LogP contribution in [0, 0.1) is 0 Å². The van der Waals surface area contributed by atoms with E-state index < -0.39 is 0 Å². The van der Waals surface area contributed by atoms with Crippen LogP contribution in [0.5, 0.6) is 0 Å². The molecular weight excluding hydrogens is 220 g/mol. The fraction of sp³-hybridized carbons (Fsp3) is 0.333. The third-order valence-electron chi connectivity index (χ3n) is 2.88. The van der Waals surface area contributed by atoms with Crippen LogP contribution in [-0.2, 0) is 4.74 Å². The molecule has 3 rings (SSSR count). The van der Waals surface area contributed by atoms with Gasteiger partial charge in [0.2, 0.25) is 11.2 Å². The highest BCUT2D eigenvalue weighted by Crippen LogP contribution is 2.13. The van der Waals surface area contributed by atoms with E-state index in [1.54, 1.807) is 12.1 Å². The summed E-state index contributed by atoms with van der Waals surface area (Å²) in [5.74, 6) is 0.381. The molecule has 0 bridgehead atoms. The summed E-state index contributed by atoms with van der Waals surface area (Å²) < 4.78 is 10.5. The van der Waals surface area contributed by atoms with Gasteiger partial charge in [0.1, 0.15) is 0 Å². The summed E-state index contributed by atoms with van der Waals surface area (Å²) >= 11 is 0. The number of rotatable bonds is 1. The lowest BCUT2D eigenvalue weighted by molar-refractivity contribution is 0.121. The molecule has 0 radical (unpaired) electrons. The molecule has 2 heterocycles. The molecule has 1 aliphatic heterocycles. The van der Waals surface area contributed by atoms with E-state index >= 15 is 0 Å². The summed E-state index contributed by atoms with van der Waals surface area (Å²) in [5.41, 5.74) is 0.447. The number of benzene rings is 1. The summed E-state index contributed by atoms with van der Waals surface area (Å²) in [6.07, 6.45) is 0. The van der Waals surface area contributed by atoms with Gasteiger partial charge in [0.15, 0.2) is 5.58 Å². The van der Waals surface area contributed by atoms with E-state index in [4.69, 9.17) is 9.26 Å². The molecule has 0 spiro atoms. The van der Waals surface area contributed by atoms with Crippen molar-refractivity contribution in [2.45, 2.75) is 0 Å². The summed E-state index contributed by atoms with van der Waals surface area (Å²) in [6, 6.07) is 7.14. The highest BCUT2D eigenvalue weighted by molar-refractivity contribution is 5.78. The topological polar surface area (TPSA) is 55.6 Å². The molecule has 2 aromatic rings. The van der Waals surface area contributed by atoms with Crippen molar-refractivity contribution in [2.24, 2.45) is 0 Å². The zero-order valence-electron chi connectivity index (χ0n) is 9.26. The normalized spacial score (nSPS) is 16.4. The van der Waals surface area contributed by atoms with Crippen LogP contribution < -0.4 is 10.3 Å². The highest BCUT2D eigenvalue weighted by atomic mass is 16.5. The number of aromatic nitrogens is 1. The minimum absolute atomic E-state index is 0.0752. The standard InChI is InChI=1S/C12H12N2O3/c15-11-9-3-1-2-4-10(9)17-13-12(11)14-5-7-16-8-6-14/h1-4H,5-8H2. The van der Waals surface area contributed by atoms with E-state index in [-0.39, 0.29) is 5.43 Å².